The van der Waals surface area contributed by atoms with Gasteiger partial charge in [-0.2, -0.15) is 0 Å². The molecule has 0 saturated heterocycles. The highest BCUT2D eigenvalue weighted by Crippen LogP contribution is 2.33. The Morgan fingerprint density at radius 1 is 1.32 bits per heavy atom. The van der Waals surface area contributed by atoms with E-state index in [1.165, 1.54) is 11.1 Å². The maximum absolute atomic E-state index is 11.6. The van der Waals surface area contributed by atoms with Crippen LogP contribution in [0.25, 0.3) is 0 Å². The van der Waals surface area contributed by atoms with Crippen molar-refractivity contribution in [1.82, 2.24) is 0 Å². The van der Waals surface area contributed by atoms with E-state index < -0.39 is 0 Å². The summed E-state index contributed by atoms with van der Waals surface area (Å²) >= 11 is 0. The van der Waals surface area contributed by atoms with Crippen LogP contribution < -0.4 is 0 Å². The summed E-state index contributed by atoms with van der Waals surface area (Å²) in [6, 6.07) is 10.6. The lowest BCUT2D eigenvalue weighted by molar-refractivity contribution is -0.146. The summed E-state index contributed by atoms with van der Waals surface area (Å²) in [6.45, 7) is 3.77. The van der Waals surface area contributed by atoms with E-state index in [-0.39, 0.29) is 12.1 Å². The van der Waals surface area contributed by atoms with Gasteiger partial charge in [-0.25, -0.2) is 0 Å². The zero-order valence-corrected chi connectivity index (χ0v) is 11.8. The fraction of sp³-hybridized carbons (Fsp3) is 0.471. The van der Waals surface area contributed by atoms with Gasteiger partial charge in [0, 0.05) is 0 Å². The number of rotatable bonds is 4. The lowest BCUT2D eigenvalue weighted by Gasteiger charge is -2.22. The molecule has 1 aliphatic rings. The average Bonchev–Trinajstić information content (AvgIpc) is 2.39. The summed E-state index contributed by atoms with van der Waals surface area (Å²) < 4.78 is 5.18. The maximum Gasteiger partial charge on any atom is 0.310 e. The van der Waals surface area contributed by atoms with Gasteiger partial charge < -0.3 is 4.74 Å². The Morgan fingerprint density at radius 3 is 2.63 bits per heavy atom. The van der Waals surface area contributed by atoms with E-state index in [1.54, 1.807) is 0 Å². The second-order valence-electron chi connectivity index (χ2n) is 5.46. The molecule has 1 aliphatic carbocycles. The molecule has 2 nitrogen and oxygen atoms in total. The Bertz CT molecular complexity index is 446. The number of hydrogen-bond acceptors (Lipinski definition) is 2. The monoisotopic (exact) mass is 258 g/mol. The number of carbonyl (C=O) groups is 1. The third-order valence-electron chi connectivity index (χ3n) is 3.51. The normalized spacial score (nSPS) is 19.1. The second-order valence-corrected chi connectivity index (χ2v) is 5.46. The molecule has 2 rings (SSSR count). The Hall–Kier alpha value is -1.57. The molecule has 1 aromatic carbocycles. The van der Waals surface area contributed by atoms with Crippen molar-refractivity contribution >= 4 is 5.97 Å². The molecule has 0 aliphatic heterocycles. The summed E-state index contributed by atoms with van der Waals surface area (Å²) in [5.41, 5.74) is 2.64. The summed E-state index contributed by atoms with van der Waals surface area (Å²) in [7, 11) is 0. The molecule has 0 aromatic heterocycles. The molecule has 0 unspecified atom stereocenters. The highest BCUT2D eigenvalue weighted by atomic mass is 16.5. The zero-order valence-electron chi connectivity index (χ0n) is 11.8. The number of esters is 1. The van der Waals surface area contributed by atoms with Crippen LogP contribution >= 0.6 is 0 Å². The van der Waals surface area contributed by atoms with E-state index in [1.807, 2.05) is 13.8 Å². The van der Waals surface area contributed by atoms with Gasteiger partial charge in [-0.05, 0) is 44.6 Å². The quantitative estimate of drug-likeness (QED) is 0.597. The molecule has 1 aromatic rings. The van der Waals surface area contributed by atoms with Crippen molar-refractivity contribution in [3.8, 4) is 0 Å². The minimum absolute atomic E-state index is 0.0197. The van der Waals surface area contributed by atoms with Gasteiger partial charge >= 0.3 is 5.97 Å². The minimum atomic E-state index is -0.0978. The molecule has 102 valence electrons. The minimum Gasteiger partial charge on any atom is -0.463 e. The van der Waals surface area contributed by atoms with Crippen LogP contribution in [0.4, 0.5) is 0 Å². The van der Waals surface area contributed by atoms with Crippen molar-refractivity contribution in [2.75, 3.05) is 0 Å². The first-order valence-electron chi connectivity index (χ1n) is 7.07. The zero-order chi connectivity index (χ0) is 13.7. The molecular formula is C17H22O2. The Kier molecular flexibility index (Phi) is 4.78. The maximum atomic E-state index is 11.6. The van der Waals surface area contributed by atoms with Crippen molar-refractivity contribution in [1.29, 1.82) is 0 Å². The SMILES string of the molecule is CC(C)OC(=O)CC1=CC[C@H](c2ccccc2)CC1. The summed E-state index contributed by atoms with van der Waals surface area (Å²) in [5, 5.41) is 0. The van der Waals surface area contributed by atoms with Crippen LogP contribution in [0.3, 0.4) is 0 Å². The van der Waals surface area contributed by atoms with Crippen molar-refractivity contribution < 1.29 is 9.53 Å². The Morgan fingerprint density at radius 2 is 2.05 bits per heavy atom. The predicted molar refractivity (Wildman–Crippen MR) is 77.0 cm³/mol. The van der Waals surface area contributed by atoms with Crippen LogP contribution in [0.1, 0.15) is 51.0 Å². The Labute approximate surface area is 115 Å². The van der Waals surface area contributed by atoms with Gasteiger partial charge in [0.05, 0.1) is 12.5 Å². The fourth-order valence-corrected chi connectivity index (χ4v) is 2.57. The van der Waals surface area contributed by atoms with Crippen LogP contribution in [0, 0.1) is 0 Å². The van der Waals surface area contributed by atoms with Gasteiger partial charge in [0.2, 0.25) is 0 Å². The molecule has 0 radical (unpaired) electrons. The summed E-state index contributed by atoms with van der Waals surface area (Å²) in [5.74, 6) is 0.505. The Balaban J connectivity index is 1.88. The number of carbonyl (C=O) groups excluding carboxylic acids is 1. The molecule has 19 heavy (non-hydrogen) atoms. The van der Waals surface area contributed by atoms with Crippen LogP contribution in [0.2, 0.25) is 0 Å². The first kappa shape index (κ1) is 13.9. The molecule has 0 N–H and O–H groups in total. The van der Waals surface area contributed by atoms with Gasteiger partial charge in [0.25, 0.3) is 0 Å². The lowest BCUT2D eigenvalue weighted by Crippen LogP contribution is -2.13. The molecule has 0 bridgehead atoms. The van der Waals surface area contributed by atoms with E-state index in [9.17, 15) is 4.79 Å². The first-order valence-corrected chi connectivity index (χ1v) is 7.07. The summed E-state index contributed by atoms with van der Waals surface area (Å²) in [6.07, 6.45) is 5.84. The van der Waals surface area contributed by atoms with E-state index >= 15 is 0 Å². The molecular weight excluding hydrogens is 236 g/mol. The highest BCUT2D eigenvalue weighted by Gasteiger charge is 2.18. The third-order valence-corrected chi connectivity index (χ3v) is 3.51. The van der Waals surface area contributed by atoms with Gasteiger partial charge in [-0.1, -0.05) is 42.0 Å². The number of hydrogen-bond donors (Lipinski definition) is 0. The van der Waals surface area contributed by atoms with Crippen molar-refractivity contribution in [3.05, 3.63) is 47.5 Å². The van der Waals surface area contributed by atoms with Crippen molar-refractivity contribution in [3.63, 3.8) is 0 Å². The number of benzene rings is 1. The molecule has 0 spiro atoms. The van der Waals surface area contributed by atoms with E-state index in [4.69, 9.17) is 4.74 Å². The molecule has 1 atom stereocenters. The predicted octanol–water partition coefficient (Wildman–Crippen LogP) is 4.22. The number of ether oxygens (including phenoxy) is 1. The smallest absolute Gasteiger partial charge is 0.310 e. The highest BCUT2D eigenvalue weighted by molar-refractivity contribution is 5.72. The molecule has 0 heterocycles. The van der Waals surface area contributed by atoms with Crippen LogP contribution in [0.5, 0.6) is 0 Å². The lowest BCUT2D eigenvalue weighted by atomic mass is 9.84. The van der Waals surface area contributed by atoms with E-state index in [0.29, 0.717) is 12.3 Å². The van der Waals surface area contributed by atoms with Crippen molar-refractivity contribution in [2.24, 2.45) is 0 Å². The van der Waals surface area contributed by atoms with Crippen LogP contribution in [-0.4, -0.2) is 12.1 Å². The average molecular weight is 258 g/mol. The molecule has 2 heteroatoms. The topological polar surface area (TPSA) is 26.3 Å². The molecule has 0 saturated carbocycles. The summed E-state index contributed by atoms with van der Waals surface area (Å²) in [4.78, 5) is 11.6. The molecule has 0 fully saturated rings. The first-order chi connectivity index (χ1) is 9.15. The third kappa shape index (κ3) is 4.23. The standard InChI is InChI=1S/C17H22O2/c1-13(2)19-17(18)12-14-8-10-16(11-9-14)15-6-4-3-5-7-15/h3-8,13,16H,9-12H2,1-2H3/t16-/m0/s1. The van der Waals surface area contributed by atoms with Crippen LogP contribution in [0.15, 0.2) is 42.0 Å². The van der Waals surface area contributed by atoms with Gasteiger partial charge in [-0.15, -0.1) is 0 Å². The molecule has 0 amide bonds. The largest absolute Gasteiger partial charge is 0.463 e. The second kappa shape index (κ2) is 6.55. The van der Waals surface area contributed by atoms with Gasteiger partial charge in [0.15, 0.2) is 0 Å². The van der Waals surface area contributed by atoms with Crippen LogP contribution in [-0.2, 0) is 9.53 Å². The van der Waals surface area contributed by atoms with Crippen molar-refractivity contribution in [2.45, 2.75) is 51.6 Å². The van der Waals surface area contributed by atoms with Gasteiger partial charge in [0.1, 0.15) is 0 Å². The van der Waals surface area contributed by atoms with Gasteiger partial charge in [-0.3, -0.25) is 4.79 Å². The van der Waals surface area contributed by atoms with E-state index in [0.717, 1.165) is 19.3 Å². The number of allylic oxidation sites excluding steroid dienone is 1. The van der Waals surface area contributed by atoms with E-state index in [2.05, 4.69) is 36.4 Å². The fourth-order valence-electron chi connectivity index (χ4n) is 2.57.